The van der Waals surface area contributed by atoms with Crippen LogP contribution >= 0.6 is 15.9 Å². The summed E-state index contributed by atoms with van der Waals surface area (Å²) in [5.74, 6) is -2.16. The van der Waals surface area contributed by atoms with Gasteiger partial charge in [0.15, 0.2) is 6.61 Å². The van der Waals surface area contributed by atoms with Gasteiger partial charge in [-0.05, 0) is 30.3 Å². The first kappa shape index (κ1) is 18.6. The number of carbonyl (C=O) groups excluding carboxylic acids is 2. The number of hydrogen-bond donors (Lipinski definition) is 0. The number of amides is 1. The summed E-state index contributed by atoms with van der Waals surface area (Å²) in [6.45, 7) is -0.382. The first-order chi connectivity index (χ1) is 12.0. The summed E-state index contributed by atoms with van der Waals surface area (Å²) in [6.07, 6.45) is 0.134. The quantitative estimate of drug-likeness (QED) is 0.688. The van der Waals surface area contributed by atoms with Gasteiger partial charge in [0, 0.05) is 16.7 Å². The van der Waals surface area contributed by atoms with Crippen molar-refractivity contribution in [1.82, 2.24) is 0 Å². The van der Waals surface area contributed by atoms with E-state index in [1.54, 1.807) is 30.3 Å². The molecule has 2 aromatic rings. The van der Waals surface area contributed by atoms with Gasteiger partial charge >= 0.3 is 5.97 Å². The second kappa shape index (κ2) is 8.94. The number of carbonyl (C=O) groups is 2. The van der Waals surface area contributed by atoms with E-state index in [1.165, 1.54) is 17.0 Å². The number of para-hydroxylation sites is 1. The molecule has 5 nitrogen and oxygen atoms in total. The van der Waals surface area contributed by atoms with Crippen LogP contribution in [0, 0.1) is 17.1 Å². The van der Waals surface area contributed by atoms with Crippen molar-refractivity contribution in [2.45, 2.75) is 6.42 Å². The Balaban J connectivity index is 2.07. The molecule has 0 bridgehead atoms. The Morgan fingerprint density at radius 1 is 1.20 bits per heavy atom. The van der Waals surface area contributed by atoms with Crippen molar-refractivity contribution in [3.8, 4) is 6.07 Å². The second-order valence-corrected chi connectivity index (χ2v) is 5.91. The first-order valence-corrected chi connectivity index (χ1v) is 8.16. The zero-order valence-corrected chi connectivity index (χ0v) is 14.7. The minimum Gasteiger partial charge on any atom is -0.452 e. The lowest BCUT2D eigenvalue weighted by molar-refractivity contribution is -0.121. The van der Waals surface area contributed by atoms with E-state index in [0.717, 1.165) is 6.07 Å². The molecule has 1 amide bonds. The molecule has 0 unspecified atom stereocenters. The Morgan fingerprint density at radius 3 is 2.60 bits per heavy atom. The number of nitrogens with zero attached hydrogens (tertiary/aromatic N) is 2. The SMILES string of the molecule is N#CCCN(C(=O)COC(=O)c1cc(Br)ccc1F)c1ccccc1. The van der Waals surface area contributed by atoms with Crippen LogP contribution in [0.1, 0.15) is 16.8 Å². The topological polar surface area (TPSA) is 70.4 Å². The lowest BCUT2D eigenvalue weighted by Crippen LogP contribution is -2.35. The predicted octanol–water partition coefficient (Wildman–Crippen LogP) is 3.69. The van der Waals surface area contributed by atoms with Crippen LogP contribution in [0.5, 0.6) is 0 Å². The highest BCUT2D eigenvalue weighted by Gasteiger charge is 2.19. The van der Waals surface area contributed by atoms with Gasteiger partial charge in [0.2, 0.25) is 0 Å². The Hall–Kier alpha value is -2.72. The maximum absolute atomic E-state index is 13.7. The summed E-state index contributed by atoms with van der Waals surface area (Å²) in [5.41, 5.74) is 0.331. The fourth-order valence-corrected chi connectivity index (χ4v) is 2.47. The van der Waals surface area contributed by atoms with E-state index in [2.05, 4.69) is 15.9 Å². The molecule has 0 spiro atoms. The van der Waals surface area contributed by atoms with Crippen molar-refractivity contribution in [3.63, 3.8) is 0 Å². The molecule has 0 aromatic heterocycles. The molecule has 128 valence electrons. The second-order valence-electron chi connectivity index (χ2n) is 4.99. The molecule has 25 heavy (non-hydrogen) atoms. The monoisotopic (exact) mass is 404 g/mol. The fraction of sp³-hybridized carbons (Fsp3) is 0.167. The Kier molecular flexibility index (Phi) is 6.66. The largest absolute Gasteiger partial charge is 0.452 e. The highest BCUT2D eigenvalue weighted by molar-refractivity contribution is 9.10. The number of hydrogen-bond acceptors (Lipinski definition) is 4. The van der Waals surface area contributed by atoms with Gasteiger partial charge in [0.25, 0.3) is 5.91 Å². The summed E-state index contributed by atoms with van der Waals surface area (Å²) in [7, 11) is 0. The maximum Gasteiger partial charge on any atom is 0.341 e. The number of nitriles is 1. The first-order valence-electron chi connectivity index (χ1n) is 7.37. The van der Waals surface area contributed by atoms with E-state index >= 15 is 0 Å². The normalized spacial score (nSPS) is 9.96. The number of ether oxygens (including phenoxy) is 1. The molecule has 0 aliphatic heterocycles. The number of anilines is 1. The van der Waals surface area contributed by atoms with Crippen LogP contribution < -0.4 is 4.90 Å². The van der Waals surface area contributed by atoms with Crippen molar-refractivity contribution < 1.29 is 18.7 Å². The molecule has 0 N–H and O–H groups in total. The molecule has 0 aliphatic rings. The zero-order chi connectivity index (χ0) is 18.2. The summed E-state index contributed by atoms with van der Waals surface area (Å²) >= 11 is 3.15. The summed E-state index contributed by atoms with van der Waals surface area (Å²) < 4.78 is 19.1. The van der Waals surface area contributed by atoms with Crippen LogP contribution in [0.25, 0.3) is 0 Å². The summed E-state index contributed by atoms with van der Waals surface area (Å²) in [6, 6.07) is 14.6. The highest BCUT2D eigenvalue weighted by atomic mass is 79.9. The van der Waals surface area contributed by atoms with Crippen molar-refractivity contribution in [2.24, 2.45) is 0 Å². The molecule has 2 aromatic carbocycles. The van der Waals surface area contributed by atoms with E-state index < -0.39 is 24.3 Å². The number of halogens is 2. The molecule has 0 saturated carbocycles. The molecular weight excluding hydrogens is 391 g/mol. The van der Waals surface area contributed by atoms with Crippen molar-refractivity contribution in [1.29, 1.82) is 5.26 Å². The highest BCUT2D eigenvalue weighted by Crippen LogP contribution is 2.17. The Bertz CT molecular complexity index is 806. The van der Waals surface area contributed by atoms with Gasteiger partial charge in [-0.15, -0.1) is 0 Å². The Labute approximate surface area is 152 Å². The van der Waals surface area contributed by atoms with E-state index in [9.17, 15) is 14.0 Å². The number of esters is 1. The summed E-state index contributed by atoms with van der Waals surface area (Å²) in [4.78, 5) is 25.7. The zero-order valence-electron chi connectivity index (χ0n) is 13.1. The number of rotatable bonds is 6. The minimum atomic E-state index is -0.930. The van der Waals surface area contributed by atoms with Gasteiger partial charge in [-0.25, -0.2) is 9.18 Å². The van der Waals surface area contributed by atoms with Crippen LogP contribution in [0.15, 0.2) is 53.0 Å². The van der Waals surface area contributed by atoms with Crippen LogP contribution in [-0.2, 0) is 9.53 Å². The van der Waals surface area contributed by atoms with Crippen molar-refractivity contribution >= 4 is 33.5 Å². The Morgan fingerprint density at radius 2 is 1.92 bits per heavy atom. The minimum absolute atomic E-state index is 0.134. The molecule has 0 heterocycles. The van der Waals surface area contributed by atoms with Crippen molar-refractivity contribution in [2.75, 3.05) is 18.1 Å². The molecule has 0 aliphatic carbocycles. The standard InChI is InChI=1S/C18H14BrFN2O3/c19-13-7-8-16(20)15(11-13)18(24)25-12-17(23)22(10-4-9-21)14-5-2-1-3-6-14/h1-3,5-8,11H,4,10,12H2. The summed E-state index contributed by atoms with van der Waals surface area (Å²) in [5, 5.41) is 8.75. The van der Waals surface area contributed by atoms with E-state index in [4.69, 9.17) is 10.00 Å². The lowest BCUT2D eigenvalue weighted by Gasteiger charge is -2.21. The van der Waals surface area contributed by atoms with Gasteiger partial charge in [-0.2, -0.15) is 5.26 Å². The van der Waals surface area contributed by atoms with E-state index in [0.29, 0.717) is 10.2 Å². The smallest absolute Gasteiger partial charge is 0.341 e. The average molecular weight is 405 g/mol. The molecular formula is C18H14BrFN2O3. The molecule has 0 fully saturated rings. The van der Waals surface area contributed by atoms with Gasteiger partial charge in [0.1, 0.15) is 5.82 Å². The van der Waals surface area contributed by atoms with Crippen LogP contribution in [0.4, 0.5) is 10.1 Å². The van der Waals surface area contributed by atoms with Gasteiger partial charge in [-0.1, -0.05) is 34.1 Å². The van der Waals surface area contributed by atoms with Crippen LogP contribution in [-0.4, -0.2) is 25.0 Å². The molecule has 7 heteroatoms. The van der Waals surface area contributed by atoms with Crippen LogP contribution in [0.3, 0.4) is 0 Å². The van der Waals surface area contributed by atoms with Crippen molar-refractivity contribution in [3.05, 3.63) is 64.4 Å². The third kappa shape index (κ3) is 5.13. The van der Waals surface area contributed by atoms with Gasteiger partial charge in [0.05, 0.1) is 18.1 Å². The molecule has 0 atom stereocenters. The van der Waals surface area contributed by atoms with Gasteiger partial charge < -0.3 is 9.64 Å². The lowest BCUT2D eigenvalue weighted by atomic mass is 10.2. The maximum atomic E-state index is 13.7. The van der Waals surface area contributed by atoms with Gasteiger partial charge in [-0.3, -0.25) is 4.79 Å². The fourth-order valence-electron chi connectivity index (χ4n) is 2.10. The molecule has 2 rings (SSSR count). The third-order valence-electron chi connectivity index (χ3n) is 3.29. The van der Waals surface area contributed by atoms with E-state index in [1.807, 2.05) is 6.07 Å². The molecule has 0 radical (unpaired) electrons. The average Bonchev–Trinajstić information content (AvgIpc) is 2.63. The van der Waals surface area contributed by atoms with Crippen LogP contribution in [0.2, 0.25) is 0 Å². The predicted molar refractivity (Wildman–Crippen MR) is 93.4 cm³/mol. The third-order valence-corrected chi connectivity index (χ3v) is 3.78. The number of benzene rings is 2. The molecule has 0 saturated heterocycles. The van der Waals surface area contributed by atoms with E-state index in [-0.39, 0.29) is 18.5 Å².